The zero-order valence-electron chi connectivity index (χ0n) is 10.1. The Morgan fingerprint density at radius 2 is 1.60 bits per heavy atom. The SMILES string of the molecule is CN(CC1CCC(CN)CC1)C1CCC1. The van der Waals surface area contributed by atoms with Crippen molar-refractivity contribution in [3.63, 3.8) is 0 Å². The largest absolute Gasteiger partial charge is 0.330 e. The fourth-order valence-corrected chi connectivity index (χ4v) is 3.03. The van der Waals surface area contributed by atoms with Crippen LogP contribution in [0.4, 0.5) is 0 Å². The van der Waals surface area contributed by atoms with E-state index in [1.54, 1.807) is 0 Å². The lowest BCUT2D eigenvalue weighted by Gasteiger charge is -2.38. The summed E-state index contributed by atoms with van der Waals surface area (Å²) in [5.74, 6) is 1.79. The summed E-state index contributed by atoms with van der Waals surface area (Å²) in [6.45, 7) is 2.24. The molecule has 2 aliphatic carbocycles. The zero-order chi connectivity index (χ0) is 10.7. The maximum atomic E-state index is 5.72. The van der Waals surface area contributed by atoms with Crippen LogP contribution in [0.5, 0.6) is 0 Å². The highest BCUT2D eigenvalue weighted by Crippen LogP contribution is 2.31. The van der Waals surface area contributed by atoms with Crippen LogP contribution >= 0.6 is 0 Å². The Kier molecular flexibility index (Phi) is 4.04. The van der Waals surface area contributed by atoms with Gasteiger partial charge in [-0.15, -0.1) is 0 Å². The highest BCUT2D eigenvalue weighted by Gasteiger charge is 2.26. The molecule has 0 amide bonds. The quantitative estimate of drug-likeness (QED) is 0.771. The molecular formula is C13H26N2. The van der Waals surface area contributed by atoms with Crippen LogP contribution in [0.1, 0.15) is 44.9 Å². The summed E-state index contributed by atoms with van der Waals surface area (Å²) in [5, 5.41) is 0. The Balaban J connectivity index is 1.67. The van der Waals surface area contributed by atoms with E-state index in [-0.39, 0.29) is 0 Å². The zero-order valence-corrected chi connectivity index (χ0v) is 10.1. The van der Waals surface area contributed by atoms with E-state index in [0.29, 0.717) is 0 Å². The van der Waals surface area contributed by atoms with E-state index in [1.165, 1.54) is 51.5 Å². The Morgan fingerprint density at radius 3 is 2.07 bits per heavy atom. The first-order chi connectivity index (χ1) is 7.29. The molecule has 0 aromatic heterocycles. The fourth-order valence-electron chi connectivity index (χ4n) is 3.03. The van der Waals surface area contributed by atoms with Crippen molar-refractivity contribution < 1.29 is 0 Å². The van der Waals surface area contributed by atoms with Gasteiger partial charge in [-0.1, -0.05) is 6.42 Å². The van der Waals surface area contributed by atoms with Gasteiger partial charge in [0, 0.05) is 12.6 Å². The molecule has 2 heteroatoms. The maximum Gasteiger partial charge on any atom is 0.00923 e. The average molecular weight is 210 g/mol. The summed E-state index contributed by atoms with van der Waals surface area (Å²) >= 11 is 0. The summed E-state index contributed by atoms with van der Waals surface area (Å²) in [4.78, 5) is 2.61. The van der Waals surface area contributed by atoms with E-state index in [9.17, 15) is 0 Å². The molecule has 0 saturated heterocycles. The molecule has 15 heavy (non-hydrogen) atoms. The molecule has 2 N–H and O–H groups in total. The van der Waals surface area contributed by atoms with Gasteiger partial charge >= 0.3 is 0 Å². The molecular weight excluding hydrogens is 184 g/mol. The number of nitrogens with two attached hydrogens (primary N) is 1. The number of nitrogens with zero attached hydrogens (tertiary/aromatic N) is 1. The van der Waals surface area contributed by atoms with Crippen molar-refractivity contribution in [1.82, 2.24) is 4.90 Å². The Hall–Kier alpha value is -0.0800. The molecule has 2 saturated carbocycles. The van der Waals surface area contributed by atoms with Gasteiger partial charge < -0.3 is 10.6 Å². The molecule has 2 aliphatic rings. The first-order valence-electron chi connectivity index (χ1n) is 6.70. The van der Waals surface area contributed by atoms with Crippen LogP contribution in [-0.2, 0) is 0 Å². The fraction of sp³-hybridized carbons (Fsp3) is 1.00. The van der Waals surface area contributed by atoms with E-state index < -0.39 is 0 Å². The standard InChI is InChI=1S/C13H26N2/c1-15(13-3-2-4-13)10-12-7-5-11(9-14)6-8-12/h11-13H,2-10,14H2,1H3. The molecule has 0 aromatic carbocycles. The van der Waals surface area contributed by atoms with Crippen LogP contribution in [0.3, 0.4) is 0 Å². The van der Waals surface area contributed by atoms with Crippen LogP contribution in [0.25, 0.3) is 0 Å². The first-order valence-corrected chi connectivity index (χ1v) is 6.70. The molecule has 0 bridgehead atoms. The van der Waals surface area contributed by atoms with Gasteiger partial charge in [-0.3, -0.25) is 0 Å². The van der Waals surface area contributed by atoms with E-state index >= 15 is 0 Å². The van der Waals surface area contributed by atoms with Gasteiger partial charge in [-0.05, 0) is 64.0 Å². The maximum absolute atomic E-state index is 5.72. The normalized spacial score (nSPS) is 33.0. The summed E-state index contributed by atoms with van der Waals surface area (Å²) in [6.07, 6.45) is 9.91. The van der Waals surface area contributed by atoms with Gasteiger partial charge in [0.15, 0.2) is 0 Å². The lowest BCUT2D eigenvalue weighted by atomic mass is 9.81. The molecule has 2 rings (SSSR count). The second-order valence-corrected chi connectivity index (χ2v) is 5.65. The smallest absolute Gasteiger partial charge is 0.00923 e. The average Bonchev–Trinajstić information content (AvgIpc) is 2.16. The third-order valence-electron chi connectivity index (χ3n) is 4.54. The minimum atomic E-state index is 0.829. The molecule has 0 radical (unpaired) electrons. The highest BCUT2D eigenvalue weighted by molar-refractivity contribution is 4.81. The third-order valence-corrected chi connectivity index (χ3v) is 4.54. The first kappa shape index (κ1) is 11.4. The molecule has 2 fully saturated rings. The van der Waals surface area contributed by atoms with Crippen molar-refractivity contribution >= 4 is 0 Å². The van der Waals surface area contributed by atoms with Crippen LogP contribution in [0, 0.1) is 11.8 Å². The summed E-state index contributed by atoms with van der Waals surface area (Å²) in [5.41, 5.74) is 5.72. The number of hydrogen-bond acceptors (Lipinski definition) is 2. The van der Waals surface area contributed by atoms with Gasteiger partial charge in [0.05, 0.1) is 0 Å². The molecule has 0 aliphatic heterocycles. The molecule has 0 aromatic rings. The van der Waals surface area contributed by atoms with Crippen molar-refractivity contribution in [2.75, 3.05) is 20.1 Å². The van der Waals surface area contributed by atoms with Crippen molar-refractivity contribution in [1.29, 1.82) is 0 Å². The second-order valence-electron chi connectivity index (χ2n) is 5.65. The van der Waals surface area contributed by atoms with E-state index in [2.05, 4.69) is 11.9 Å². The Bertz CT molecular complexity index is 181. The van der Waals surface area contributed by atoms with Crippen LogP contribution in [0.15, 0.2) is 0 Å². The van der Waals surface area contributed by atoms with Crippen LogP contribution in [-0.4, -0.2) is 31.1 Å². The van der Waals surface area contributed by atoms with Crippen molar-refractivity contribution in [3.8, 4) is 0 Å². The van der Waals surface area contributed by atoms with E-state index in [0.717, 1.165) is 24.4 Å². The summed E-state index contributed by atoms with van der Waals surface area (Å²) in [6, 6.07) is 0.914. The topological polar surface area (TPSA) is 29.3 Å². The van der Waals surface area contributed by atoms with Gasteiger partial charge in [0.1, 0.15) is 0 Å². The summed E-state index contributed by atoms with van der Waals surface area (Å²) in [7, 11) is 2.32. The Labute approximate surface area is 94.2 Å². The lowest BCUT2D eigenvalue weighted by Crippen LogP contribution is -2.40. The lowest BCUT2D eigenvalue weighted by molar-refractivity contribution is 0.119. The minimum absolute atomic E-state index is 0.829. The van der Waals surface area contributed by atoms with E-state index in [4.69, 9.17) is 5.73 Å². The minimum Gasteiger partial charge on any atom is -0.330 e. The van der Waals surface area contributed by atoms with Crippen molar-refractivity contribution in [3.05, 3.63) is 0 Å². The van der Waals surface area contributed by atoms with Crippen LogP contribution in [0.2, 0.25) is 0 Å². The predicted molar refractivity (Wildman–Crippen MR) is 64.8 cm³/mol. The van der Waals surface area contributed by atoms with E-state index in [1.807, 2.05) is 0 Å². The second kappa shape index (κ2) is 5.31. The Morgan fingerprint density at radius 1 is 1.00 bits per heavy atom. The monoisotopic (exact) mass is 210 g/mol. The number of hydrogen-bond donors (Lipinski definition) is 1. The van der Waals surface area contributed by atoms with Gasteiger partial charge in [0.25, 0.3) is 0 Å². The number of rotatable bonds is 4. The third kappa shape index (κ3) is 2.94. The molecule has 2 nitrogen and oxygen atoms in total. The van der Waals surface area contributed by atoms with Gasteiger partial charge in [-0.25, -0.2) is 0 Å². The van der Waals surface area contributed by atoms with Crippen molar-refractivity contribution in [2.24, 2.45) is 17.6 Å². The highest BCUT2D eigenvalue weighted by atomic mass is 15.1. The molecule has 0 spiro atoms. The van der Waals surface area contributed by atoms with Gasteiger partial charge in [-0.2, -0.15) is 0 Å². The molecule has 0 unspecified atom stereocenters. The summed E-state index contributed by atoms with van der Waals surface area (Å²) < 4.78 is 0. The van der Waals surface area contributed by atoms with Crippen molar-refractivity contribution in [2.45, 2.75) is 51.0 Å². The molecule has 0 heterocycles. The predicted octanol–water partition coefficient (Wildman–Crippen LogP) is 2.24. The van der Waals surface area contributed by atoms with Gasteiger partial charge in [0.2, 0.25) is 0 Å². The molecule has 0 atom stereocenters. The van der Waals surface area contributed by atoms with Crippen LogP contribution < -0.4 is 5.73 Å². The molecule has 88 valence electrons.